The van der Waals surface area contributed by atoms with Crippen LogP contribution in [0, 0.1) is 0 Å². The van der Waals surface area contributed by atoms with Crippen molar-refractivity contribution in [3.63, 3.8) is 0 Å². The van der Waals surface area contributed by atoms with Crippen LogP contribution < -0.4 is 14.6 Å². The van der Waals surface area contributed by atoms with E-state index >= 15 is 0 Å². The molecule has 0 unspecified atom stereocenters. The molecule has 0 fully saturated rings. The molecular formula is C17H18N2O7S2. The summed E-state index contributed by atoms with van der Waals surface area (Å²) in [5, 5.41) is 5.19. The van der Waals surface area contributed by atoms with E-state index in [2.05, 4.69) is 0 Å². The van der Waals surface area contributed by atoms with E-state index in [1.54, 1.807) is 0 Å². The number of methoxy groups -OCH3 is 2. The van der Waals surface area contributed by atoms with E-state index in [1.165, 1.54) is 50.6 Å². The monoisotopic (exact) mass is 426 g/mol. The molecule has 0 spiro atoms. The van der Waals surface area contributed by atoms with E-state index in [4.69, 9.17) is 14.6 Å². The van der Waals surface area contributed by atoms with Crippen molar-refractivity contribution in [3.8, 4) is 11.5 Å². The molecule has 150 valence electrons. The number of hydrogen-bond acceptors (Lipinski definition) is 7. The fourth-order valence-electron chi connectivity index (χ4n) is 2.95. The van der Waals surface area contributed by atoms with Crippen molar-refractivity contribution in [2.24, 2.45) is 5.14 Å². The molecule has 1 aliphatic rings. The van der Waals surface area contributed by atoms with Gasteiger partial charge >= 0.3 is 0 Å². The highest BCUT2D eigenvalue weighted by Gasteiger charge is 2.35. The Balaban J connectivity index is 2.04. The Kier molecular flexibility index (Phi) is 5.08. The second-order valence-electron chi connectivity index (χ2n) is 6.01. The lowest BCUT2D eigenvalue weighted by atomic mass is 10.00. The molecule has 1 amide bonds. The summed E-state index contributed by atoms with van der Waals surface area (Å²) < 4.78 is 60.1. The van der Waals surface area contributed by atoms with Crippen molar-refractivity contribution in [3.05, 3.63) is 47.5 Å². The molecule has 2 aromatic carbocycles. The predicted octanol–water partition coefficient (Wildman–Crippen LogP) is 0.738. The topological polar surface area (TPSA) is 133 Å². The van der Waals surface area contributed by atoms with Gasteiger partial charge in [0.2, 0.25) is 10.0 Å². The van der Waals surface area contributed by atoms with Crippen LogP contribution in [0.4, 0.5) is 0 Å². The van der Waals surface area contributed by atoms with Crippen molar-refractivity contribution in [2.75, 3.05) is 20.8 Å². The fraction of sp³-hybridized carbons (Fsp3) is 0.235. The van der Waals surface area contributed by atoms with Gasteiger partial charge < -0.3 is 9.47 Å². The number of fused-ring (bicyclic) bond motifs is 1. The third kappa shape index (κ3) is 3.43. The molecule has 0 radical (unpaired) electrons. The normalized spacial score (nSPS) is 14.5. The summed E-state index contributed by atoms with van der Waals surface area (Å²) in [6.07, 6.45) is 0.142. The molecular weight excluding hydrogens is 408 g/mol. The molecule has 0 saturated carbocycles. The molecule has 9 nitrogen and oxygen atoms in total. The zero-order valence-corrected chi connectivity index (χ0v) is 16.7. The quantitative estimate of drug-likeness (QED) is 0.745. The number of hydrogen-bond donors (Lipinski definition) is 1. The molecule has 3 rings (SSSR count). The summed E-state index contributed by atoms with van der Waals surface area (Å²) in [6, 6.07) is 8.11. The molecule has 28 heavy (non-hydrogen) atoms. The minimum atomic E-state index is -4.09. The lowest BCUT2D eigenvalue weighted by molar-refractivity contribution is 0.0849. The molecule has 0 bridgehead atoms. The van der Waals surface area contributed by atoms with Gasteiger partial charge in [-0.25, -0.2) is 26.3 Å². The van der Waals surface area contributed by atoms with Crippen LogP contribution in [0.2, 0.25) is 0 Å². The number of amides is 1. The van der Waals surface area contributed by atoms with Crippen LogP contribution in [0.3, 0.4) is 0 Å². The van der Waals surface area contributed by atoms with E-state index in [1.807, 2.05) is 0 Å². The number of carbonyl (C=O) groups is 1. The summed E-state index contributed by atoms with van der Waals surface area (Å²) in [5.74, 6) is -0.413. The van der Waals surface area contributed by atoms with E-state index in [0.717, 1.165) is 4.31 Å². The maximum Gasteiger partial charge on any atom is 0.268 e. The van der Waals surface area contributed by atoms with Crippen LogP contribution in [-0.2, 0) is 26.5 Å². The summed E-state index contributed by atoms with van der Waals surface area (Å²) in [7, 11) is -5.47. The first-order valence-corrected chi connectivity index (χ1v) is 11.0. The molecule has 0 aliphatic carbocycles. The van der Waals surface area contributed by atoms with Crippen molar-refractivity contribution in [1.82, 2.24) is 4.31 Å². The highest BCUT2D eigenvalue weighted by molar-refractivity contribution is 7.89. The minimum Gasteiger partial charge on any atom is -0.497 e. The van der Waals surface area contributed by atoms with Gasteiger partial charge in [-0.05, 0) is 48.4 Å². The van der Waals surface area contributed by atoms with Crippen LogP contribution in [0.1, 0.15) is 15.9 Å². The van der Waals surface area contributed by atoms with Gasteiger partial charge in [0.05, 0.1) is 19.1 Å². The van der Waals surface area contributed by atoms with Gasteiger partial charge in [0, 0.05) is 12.1 Å². The summed E-state index contributed by atoms with van der Waals surface area (Å²) in [6.45, 7) is -0.128. The highest BCUT2D eigenvalue weighted by Crippen LogP contribution is 2.32. The lowest BCUT2D eigenvalue weighted by Gasteiger charge is -2.28. The zero-order chi connectivity index (χ0) is 20.7. The van der Waals surface area contributed by atoms with Gasteiger partial charge in [0.1, 0.15) is 16.4 Å². The SMILES string of the molecule is COc1ccc(S(=O)(=O)N2CCc3cc(S(N)(=O)=O)c(OC)cc3C2=O)cc1. The lowest BCUT2D eigenvalue weighted by Crippen LogP contribution is -2.42. The van der Waals surface area contributed by atoms with Gasteiger partial charge in [0.25, 0.3) is 15.9 Å². The minimum absolute atomic E-state index is 0.0487. The van der Waals surface area contributed by atoms with Gasteiger partial charge in [0.15, 0.2) is 0 Å². The van der Waals surface area contributed by atoms with E-state index in [-0.39, 0.29) is 34.1 Å². The Bertz CT molecular complexity index is 1140. The smallest absolute Gasteiger partial charge is 0.268 e. The molecule has 11 heteroatoms. The van der Waals surface area contributed by atoms with Crippen molar-refractivity contribution < 1.29 is 31.1 Å². The number of rotatable bonds is 5. The summed E-state index contributed by atoms with van der Waals surface area (Å²) in [4.78, 5) is 12.6. The largest absolute Gasteiger partial charge is 0.497 e. The van der Waals surface area contributed by atoms with Crippen LogP contribution in [0.25, 0.3) is 0 Å². The molecule has 0 saturated heterocycles. The second kappa shape index (κ2) is 7.08. The average molecular weight is 426 g/mol. The van der Waals surface area contributed by atoms with E-state index < -0.39 is 26.0 Å². The van der Waals surface area contributed by atoms with Gasteiger partial charge in [-0.3, -0.25) is 4.79 Å². The number of sulfonamides is 2. The molecule has 1 aliphatic heterocycles. The molecule has 1 heterocycles. The molecule has 0 atom stereocenters. The second-order valence-corrected chi connectivity index (χ2v) is 9.41. The van der Waals surface area contributed by atoms with Crippen molar-refractivity contribution in [1.29, 1.82) is 0 Å². The maximum atomic E-state index is 12.9. The van der Waals surface area contributed by atoms with Crippen LogP contribution in [0.15, 0.2) is 46.2 Å². The number of nitrogens with zero attached hydrogens (tertiary/aromatic N) is 1. The zero-order valence-electron chi connectivity index (χ0n) is 15.1. The standard InChI is InChI=1S/C17H18N2O7S2/c1-25-12-3-5-13(6-4-12)28(23,24)19-8-7-11-9-16(27(18,21)22)15(26-2)10-14(11)17(19)20/h3-6,9-10H,7-8H2,1-2H3,(H2,18,21,22). The Labute approximate surface area is 162 Å². The first-order valence-electron chi connectivity index (χ1n) is 8.04. The average Bonchev–Trinajstić information content (AvgIpc) is 2.66. The number of ether oxygens (including phenoxy) is 2. The predicted molar refractivity (Wildman–Crippen MR) is 99.3 cm³/mol. The van der Waals surface area contributed by atoms with Crippen LogP contribution >= 0.6 is 0 Å². The van der Waals surface area contributed by atoms with E-state index in [0.29, 0.717) is 11.3 Å². The van der Waals surface area contributed by atoms with Gasteiger partial charge in [-0.2, -0.15) is 0 Å². The highest BCUT2D eigenvalue weighted by atomic mass is 32.2. The van der Waals surface area contributed by atoms with E-state index in [9.17, 15) is 21.6 Å². The summed E-state index contributed by atoms with van der Waals surface area (Å²) in [5.41, 5.74) is 0.434. The Morgan fingerprint density at radius 2 is 1.64 bits per heavy atom. The number of carbonyl (C=O) groups excluding carboxylic acids is 1. The maximum absolute atomic E-state index is 12.9. The fourth-order valence-corrected chi connectivity index (χ4v) is 5.06. The number of primary sulfonamides is 1. The Morgan fingerprint density at radius 3 is 2.18 bits per heavy atom. The first kappa shape index (κ1) is 20.1. The molecule has 0 aromatic heterocycles. The van der Waals surface area contributed by atoms with Crippen molar-refractivity contribution >= 4 is 26.0 Å². The van der Waals surface area contributed by atoms with Gasteiger partial charge in [-0.1, -0.05) is 0 Å². The van der Waals surface area contributed by atoms with Gasteiger partial charge in [-0.15, -0.1) is 0 Å². The number of benzene rings is 2. The third-order valence-electron chi connectivity index (χ3n) is 4.38. The first-order chi connectivity index (χ1) is 13.1. The van der Waals surface area contributed by atoms with Crippen LogP contribution in [-0.4, -0.2) is 47.8 Å². The molecule has 2 N–H and O–H groups in total. The third-order valence-corrected chi connectivity index (χ3v) is 7.11. The van der Waals surface area contributed by atoms with Crippen molar-refractivity contribution in [2.45, 2.75) is 16.2 Å². The summed E-state index contributed by atoms with van der Waals surface area (Å²) >= 11 is 0. The van der Waals surface area contributed by atoms with Crippen LogP contribution in [0.5, 0.6) is 11.5 Å². The number of nitrogens with two attached hydrogens (primary N) is 1. The molecule has 2 aromatic rings. The Hall–Kier alpha value is -2.63. The Morgan fingerprint density at radius 1 is 1.00 bits per heavy atom.